The van der Waals surface area contributed by atoms with Gasteiger partial charge in [0, 0.05) is 23.7 Å². The van der Waals surface area contributed by atoms with Gasteiger partial charge in [0.2, 0.25) is 5.13 Å². The number of anilines is 2. The summed E-state index contributed by atoms with van der Waals surface area (Å²) in [5.74, 6) is 0.731. The molecule has 0 aliphatic carbocycles. The van der Waals surface area contributed by atoms with Gasteiger partial charge in [0.1, 0.15) is 11.0 Å². The second kappa shape index (κ2) is 7.51. The quantitative estimate of drug-likeness (QED) is 0.537. The van der Waals surface area contributed by atoms with E-state index in [1.54, 1.807) is 0 Å². The van der Waals surface area contributed by atoms with Gasteiger partial charge in [-0.1, -0.05) is 17.4 Å². The Morgan fingerprint density at radius 1 is 1.07 bits per heavy atom. The van der Waals surface area contributed by atoms with E-state index in [-0.39, 0.29) is 6.04 Å². The van der Waals surface area contributed by atoms with Crippen molar-refractivity contribution >= 4 is 22.3 Å². The summed E-state index contributed by atoms with van der Waals surface area (Å²) < 4.78 is 3.83. The zero-order valence-corrected chi connectivity index (χ0v) is 17.1. The fourth-order valence-electron chi connectivity index (χ4n) is 3.08. The molecule has 0 bridgehead atoms. The van der Waals surface area contributed by atoms with Crippen molar-refractivity contribution in [3.8, 4) is 0 Å². The van der Waals surface area contributed by atoms with Crippen LogP contribution in [0.15, 0.2) is 36.5 Å². The van der Waals surface area contributed by atoms with E-state index in [4.69, 9.17) is 0 Å². The Balaban J connectivity index is 1.44. The monoisotopic (exact) mass is 394 g/mol. The Bertz CT molecular complexity index is 1090. The zero-order valence-electron chi connectivity index (χ0n) is 16.3. The molecule has 4 rings (SSSR count). The Labute approximate surface area is 167 Å². The van der Waals surface area contributed by atoms with Gasteiger partial charge in [-0.25, -0.2) is 0 Å². The lowest BCUT2D eigenvalue weighted by Gasteiger charge is -2.10. The fourth-order valence-corrected chi connectivity index (χ4v) is 3.86. The van der Waals surface area contributed by atoms with Crippen molar-refractivity contribution in [2.75, 3.05) is 5.32 Å². The van der Waals surface area contributed by atoms with Gasteiger partial charge in [0.15, 0.2) is 5.82 Å². The number of nitrogens with one attached hydrogen (secondary N) is 1. The van der Waals surface area contributed by atoms with E-state index in [1.807, 2.05) is 60.6 Å². The Morgan fingerprint density at radius 3 is 2.68 bits per heavy atom. The Hall–Kier alpha value is -3.07. The van der Waals surface area contributed by atoms with E-state index < -0.39 is 0 Å². The molecule has 0 aromatic carbocycles. The summed E-state index contributed by atoms with van der Waals surface area (Å²) in [6.07, 6.45) is 1.92. The van der Waals surface area contributed by atoms with Gasteiger partial charge in [0.25, 0.3) is 0 Å². The van der Waals surface area contributed by atoms with Gasteiger partial charge in [-0.15, -0.1) is 10.2 Å². The number of hydrogen-bond donors (Lipinski definition) is 1. The molecule has 1 N–H and O–H groups in total. The van der Waals surface area contributed by atoms with Crippen molar-refractivity contribution in [3.05, 3.63) is 64.3 Å². The predicted molar refractivity (Wildman–Crippen MR) is 109 cm³/mol. The maximum absolute atomic E-state index is 4.55. The predicted octanol–water partition coefficient (Wildman–Crippen LogP) is 3.65. The maximum atomic E-state index is 4.55. The Morgan fingerprint density at radius 2 is 1.93 bits per heavy atom. The number of nitrogens with zero attached hydrogens (tertiary/aromatic N) is 7. The van der Waals surface area contributed by atoms with Gasteiger partial charge in [-0.2, -0.15) is 10.2 Å². The third kappa shape index (κ3) is 3.94. The molecule has 9 heteroatoms. The molecule has 4 aromatic heterocycles. The zero-order chi connectivity index (χ0) is 19.7. The van der Waals surface area contributed by atoms with Crippen LogP contribution in [0.3, 0.4) is 0 Å². The first-order chi connectivity index (χ1) is 13.5. The minimum Gasteiger partial charge on any atom is -0.313 e. The number of aryl methyl sites for hydroxylation is 3. The van der Waals surface area contributed by atoms with Crippen LogP contribution in [0.5, 0.6) is 0 Å². The van der Waals surface area contributed by atoms with Crippen molar-refractivity contribution in [3.63, 3.8) is 0 Å². The minimum atomic E-state index is 0.0340. The van der Waals surface area contributed by atoms with Crippen molar-refractivity contribution in [2.24, 2.45) is 0 Å². The molecule has 0 spiro atoms. The van der Waals surface area contributed by atoms with Crippen LogP contribution >= 0.6 is 11.3 Å². The molecular weight excluding hydrogens is 372 g/mol. The molecule has 1 atom stereocenters. The molecule has 0 amide bonds. The molecule has 8 nitrogen and oxygen atoms in total. The lowest BCUT2D eigenvalue weighted by molar-refractivity contribution is 0.540. The molecule has 1 unspecified atom stereocenters. The topological polar surface area (TPSA) is 86.3 Å². The first-order valence-corrected chi connectivity index (χ1v) is 9.89. The lowest BCUT2D eigenvalue weighted by Crippen LogP contribution is -2.10. The summed E-state index contributed by atoms with van der Waals surface area (Å²) in [7, 11) is 0. The third-order valence-electron chi connectivity index (χ3n) is 4.36. The molecule has 144 valence electrons. The van der Waals surface area contributed by atoms with Crippen LogP contribution in [0, 0.1) is 20.8 Å². The van der Waals surface area contributed by atoms with Gasteiger partial charge >= 0.3 is 0 Å². The van der Waals surface area contributed by atoms with Crippen LogP contribution in [-0.2, 0) is 6.54 Å². The molecule has 28 heavy (non-hydrogen) atoms. The number of pyridine rings is 1. The highest BCUT2D eigenvalue weighted by Gasteiger charge is 2.17. The lowest BCUT2D eigenvalue weighted by atomic mass is 10.3. The highest BCUT2D eigenvalue weighted by molar-refractivity contribution is 7.15. The molecule has 4 heterocycles. The molecule has 0 saturated heterocycles. The van der Waals surface area contributed by atoms with Crippen molar-refractivity contribution in [1.82, 2.24) is 34.7 Å². The van der Waals surface area contributed by atoms with E-state index in [2.05, 4.69) is 43.7 Å². The second-order valence-corrected chi connectivity index (χ2v) is 7.80. The molecule has 0 fully saturated rings. The number of aromatic nitrogens is 7. The third-order valence-corrected chi connectivity index (χ3v) is 5.36. The molecular formula is C19H22N8S. The molecule has 0 saturated carbocycles. The van der Waals surface area contributed by atoms with E-state index in [0.29, 0.717) is 11.7 Å². The summed E-state index contributed by atoms with van der Waals surface area (Å²) in [6.45, 7) is 8.73. The van der Waals surface area contributed by atoms with E-state index >= 15 is 0 Å². The highest BCUT2D eigenvalue weighted by Crippen LogP contribution is 2.27. The van der Waals surface area contributed by atoms with Crippen LogP contribution in [0.1, 0.15) is 40.7 Å². The summed E-state index contributed by atoms with van der Waals surface area (Å²) in [6, 6.07) is 10.0. The largest absolute Gasteiger partial charge is 0.313 e. The smallest absolute Gasteiger partial charge is 0.211 e. The average Bonchev–Trinajstić information content (AvgIpc) is 3.36. The van der Waals surface area contributed by atoms with E-state index in [9.17, 15) is 0 Å². The first kappa shape index (κ1) is 18.3. The van der Waals surface area contributed by atoms with Crippen LogP contribution in [0.25, 0.3) is 0 Å². The fraction of sp³-hybridized carbons (Fsp3) is 0.316. The summed E-state index contributed by atoms with van der Waals surface area (Å²) in [5.41, 5.74) is 4.09. The Kier molecular flexibility index (Phi) is 4.91. The van der Waals surface area contributed by atoms with Crippen LogP contribution < -0.4 is 5.32 Å². The van der Waals surface area contributed by atoms with Gasteiger partial charge in [-0.05, 0) is 45.9 Å². The summed E-state index contributed by atoms with van der Waals surface area (Å²) in [5, 5.41) is 22.5. The summed E-state index contributed by atoms with van der Waals surface area (Å²) in [4.78, 5) is 4.51. The van der Waals surface area contributed by atoms with Crippen molar-refractivity contribution in [2.45, 2.75) is 40.3 Å². The highest BCUT2D eigenvalue weighted by atomic mass is 32.1. The second-order valence-electron chi connectivity index (χ2n) is 6.79. The molecule has 0 radical (unpaired) electrons. The molecule has 4 aromatic rings. The average molecular weight is 395 g/mol. The van der Waals surface area contributed by atoms with E-state index in [0.717, 1.165) is 33.6 Å². The SMILES string of the molecule is Cc1cccc(Cn2ccc(Nc3nnc(C(C)n4nc(C)cc4C)s3)n2)n1. The van der Waals surface area contributed by atoms with E-state index in [1.165, 1.54) is 11.3 Å². The minimum absolute atomic E-state index is 0.0340. The van der Waals surface area contributed by atoms with Crippen LogP contribution in [0.2, 0.25) is 0 Å². The standard InChI is InChI=1S/C19H22N8S/c1-12-6-5-7-16(20-12)11-26-9-8-17(25-26)21-19-23-22-18(28-19)15(4)27-14(3)10-13(2)24-27/h5-10,15H,11H2,1-4H3,(H,21,23,25). The van der Waals surface area contributed by atoms with Gasteiger partial charge in [-0.3, -0.25) is 14.3 Å². The van der Waals surface area contributed by atoms with Crippen LogP contribution in [-0.4, -0.2) is 34.7 Å². The normalized spacial score (nSPS) is 12.3. The van der Waals surface area contributed by atoms with Gasteiger partial charge < -0.3 is 5.32 Å². The maximum Gasteiger partial charge on any atom is 0.211 e. The van der Waals surface area contributed by atoms with Crippen molar-refractivity contribution in [1.29, 1.82) is 0 Å². The number of rotatable bonds is 6. The number of hydrogen-bond acceptors (Lipinski definition) is 7. The van der Waals surface area contributed by atoms with Gasteiger partial charge in [0.05, 0.1) is 17.9 Å². The first-order valence-electron chi connectivity index (χ1n) is 9.07. The van der Waals surface area contributed by atoms with Crippen LogP contribution in [0.4, 0.5) is 10.9 Å². The molecule has 0 aliphatic heterocycles. The van der Waals surface area contributed by atoms with Crippen molar-refractivity contribution < 1.29 is 0 Å². The summed E-state index contributed by atoms with van der Waals surface area (Å²) >= 11 is 1.51. The molecule has 0 aliphatic rings.